The van der Waals surface area contributed by atoms with Gasteiger partial charge in [0.25, 0.3) is 5.91 Å². The highest BCUT2D eigenvalue weighted by Gasteiger charge is 2.20. The molecule has 33 heavy (non-hydrogen) atoms. The van der Waals surface area contributed by atoms with Gasteiger partial charge in [0.1, 0.15) is 0 Å². The summed E-state index contributed by atoms with van der Waals surface area (Å²) >= 11 is 0. The molecule has 0 unspecified atom stereocenters. The predicted molar refractivity (Wildman–Crippen MR) is 129 cm³/mol. The average molecular weight is 443 g/mol. The number of rotatable bonds is 7. The van der Waals surface area contributed by atoms with Gasteiger partial charge in [-0.3, -0.25) is 14.3 Å². The zero-order valence-electron chi connectivity index (χ0n) is 18.6. The highest BCUT2D eigenvalue weighted by Crippen LogP contribution is 2.29. The highest BCUT2D eigenvalue weighted by atomic mass is 16.4. The van der Waals surface area contributed by atoms with Crippen molar-refractivity contribution >= 4 is 28.5 Å². The van der Waals surface area contributed by atoms with E-state index in [0.29, 0.717) is 23.5 Å². The molecule has 7 heteroatoms. The maximum absolute atomic E-state index is 13.3. The number of carbonyl (C=O) groups excluding carboxylic acids is 1. The predicted octanol–water partition coefficient (Wildman–Crippen LogP) is 4.62. The van der Waals surface area contributed by atoms with Gasteiger partial charge in [-0.25, -0.2) is 0 Å². The summed E-state index contributed by atoms with van der Waals surface area (Å²) in [7, 11) is 0. The monoisotopic (exact) mass is 442 g/mol. The van der Waals surface area contributed by atoms with Gasteiger partial charge in [0.2, 0.25) is 0 Å². The van der Waals surface area contributed by atoms with Crippen molar-refractivity contribution < 1.29 is 14.7 Å². The van der Waals surface area contributed by atoms with Crippen molar-refractivity contribution in [3.05, 3.63) is 83.6 Å². The molecule has 4 N–H and O–H groups in total. The number of fused-ring (bicyclic) bond motifs is 1. The van der Waals surface area contributed by atoms with Crippen LogP contribution in [0.15, 0.2) is 66.7 Å². The first-order valence-electron chi connectivity index (χ1n) is 10.8. The largest absolute Gasteiger partial charge is 0.481 e. The lowest BCUT2D eigenvalue weighted by Crippen LogP contribution is -2.16. The number of aliphatic carboxylic acids is 1. The Morgan fingerprint density at radius 1 is 1.03 bits per heavy atom. The molecule has 4 rings (SSSR count). The SMILES string of the molecule is CC(C)n1nc(C(=O)Nc2ccccc2CC(=O)O)c2cc(-c3cccc(CN)c3)ccc21. The second-order valence-corrected chi connectivity index (χ2v) is 8.21. The van der Waals surface area contributed by atoms with E-state index in [1.165, 1.54) is 0 Å². The fraction of sp³-hybridized carbons (Fsp3) is 0.192. The molecule has 3 aromatic carbocycles. The zero-order valence-corrected chi connectivity index (χ0v) is 18.6. The maximum Gasteiger partial charge on any atom is 0.307 e. The maximum atomic E-state index is 13.3. The Labute approximate surface area is 191 Å². The minimum atomic E-state index is -0.962. The number of nitrogens with two attached hydrogens (primary N) is 1. The van der Waals surface area contributed by atoms with Crippen LogP contribution in [0.1, 0.15) is 41.5 Å². The first-order chi connectivity index (χ1) is 15.9. The van der Waals surface area contributed by atoms with Crippen LogP contribution in [0.5, 0.6) is 0 Å². The van der Waals surface area contributed by atoms with Crippen molar-refractivity contribution in [3.8, 4) is 11.1 Å². The third kappa shape index (κ3) is 4.63. The molecular weight excluding hydrogens is 416 g/mol. The molecule has 1 amide bonds. The summed E-state index contributed by atoms with van der Waals surface area (Å²) in [6, 6.07) is 20.9. The van der Waals surface area contributed by atoms with Crippen molar-refractivity contribution in [1.29, 1.82) is 0 Å². The summed E-state index contributed by atoms with van der Waals surface area (Å²) < 4.78 is 1.83. The second-order valence-electron chi connectivity index (χ2n) is 8.21. The van der Waals surface area contributed by atoms with Gasteiger partial charge in [0.15, 0.2) is 5.69 Å². The molecule has 7 nitrogen and oxygen atoms in total. The Bertz CT molecular complexity index is 1340. The van der Waals surface area contributed by atoms with E-state index in [4.69, 9.17) is 5.73 Å². The average Bonchev–Trinajstić information content (AvgIpc) is 3.19. The molecule has 0 saturated carbocycles. The Hall–Kier alpha value is -3.97. The van der Waals surface area contributed by atoms with Crippen LogP contribution in [-0.4, -0.2) is 26.8 Å². The number of aromatic nitrogens is 2. The van der Waals surface area contributed by atoms with E-state index in [-0.39, 0.29) is 18.4 Å². The lowest BCUT2D eigenvalue weighted by atomic mass is 10.0. The van der Waals surface area contributed by atoms with Crippen LogP contribution in [-0.2, 0) is 17.8 Å². The summed E-state index contributed by atoms with van der Waals surface area (Å²) in [6.45, 7) is 4.47. The normalized spacial score (nSPS) is 11.2. The summed E-state index contributed by atoms with van der Waals surface area (Å²) in [5.74, 6) is -1.35. The highest BCUT2D eigenvalue weighted by molar-refractivity contribution is 6.12. The van der Waals surface area contributed by atoms with Crippen LogP contribution in [0, 0.1) is 0 Å². The number of para-hydroxylation sites is 1. The van der Waals surface area contributed by atoms with Gasteiger partial charge < -0.3 is 16.2 Å². The number of benzene rings is 3. The van der Waals surface area contributed by atoms with Gasteiger partial charge in [-0.2, -0.15) is 5.10 Å². The first kappa shape index (κ1) is 22.2. The standard InChI is InChI=1S/C26H26N4O3/c1-16(2)30-23-11-10-19(18-8-5-6-17(12-18)15-27)13-21(23)25(29-30)26(33)28-22-9-4-3-7-20(22)14-24(31)32/h3-13,16H,14-15,27H2,1-2H3,(H,28,33)(H,31,32). The van der Waals surface area contributed by atoms with E-state index in [9.17, 15) is 14.7 Å². The van der Waals surface area contributed by atoms with E-state index < -0.39 is 5.97 Å². The molecular formula is C26H26N4O3. The molecule has 0 atom stereocenters. The van der Waals surface area contributed by atoms with Crippen molar-refractivity contribution in [3.63, 3.8) is 0 Å². The molecule has 0 spiro atoms. The second kappa shape index (κ2) is 9.26. The number of amides is 1. The van der Waals surface area contributed by atoms with E-state index in [1.54, 1.807) is 24.3 Å². The third-order valence-corrected chi connectivity index (χ3v) is 5.51. The van der Waals surface area contributed by atoms with Crippen molar-refractivity contribution in [2.75, 3.05) is 5.32 Å². The number of nitrogens with one attached hydrogen (secondary N) is 1. The minimum absolute atomic E-state index is 0.0553. The molecule has 0 bridgehead atoms. The Morgan fingerprint density at radius 2 is 1.79 bits per heavy atom. The van der Waals surface area contributed by atoms with E-state index in [1.807, 2.05) is 61.0 Å². The van der Waals surface area contributed by atoms with E-state index >= 15 is 0 Å². The molecule has 0 aliphatic carbocycles. The number of nitrogens with zero attached hydrogens (tertiary/aromatic N) is 2. The Morgan fingerprint density at radius 3 is 2.52 bits per heavy atom. The fourth-order valence-electron chi connectivity index (χ4n) is 3.90. The van der Waals surface area contributed by atoms with Crippen LogP contribution >= 0.6 is 0 Å². The topological polar surface area (TPSA) is 110 Å². The third-order valence-electron chi connectivity index (χ3n) is 5.51. The van der Waals surface area contributed by atoms with Crippen LogP contribution in [0.4, 0.5) is 5.69 Å². The van der Waals surface area contributed by atoms with E-state index in [2.05, 4.69) is 10.4 Å². The quantitative estimate of drug-likeness (QED) is 0.387. The molecule has 0 radical (unpaired) electrons. The fourth-order valence-corrected chi connectivity index (χ4v) is 3.90. The van der Waals surface area contributed by atoms with Crippen LogP contribution in [0.2, 0.25) is 0 Å². The lowest BCUT2D eigenvalue weighted by molar-refractivity contribution is -0.136. The minimum Gasteiger partial charge on any atom is -0.481 e. The summed E-state index contributed by atoms with van der Waals surface area (Å²) in [6.07, 6.45) is -0.181. The number of hydrogen-bond donors (Lipinski definition) is 3. The number of carbonyl (C=O) groups is 2. The summed E-state index contributed by atoms with van der Waals surface area (Å²) in [4.78, 5) is 24.5. The van der Waals surface area contributed by atoms with Gasteiger partial charge in [0, 0.05) is 23.7 Å². The molecule has 1 aromatic heterocycles. The van der Waals surface area contributed by atoms with E-state index in [0.717, 1.165) is 27.6 Å². The number of anilines is 1. The van der Waals surface area contributed by atoms with Gasteiger partial charge in [-0.05, 0) is 60.4 Å². The zero-order chi connectivity index (χ0) is 23.5. The van der Waals surface area contributed by atoms with Gasteiger partial charge >= 0.3 is 5.97 Å². The molecule has 0 aliphatic heterocycles. The van der Waals surface area contributed by atoms with Crippen molar-refractivity contribution in [2.45, 2.75) is 32.9 Å². The lowest BCUT2D eigenvalue weighted by Gasteiger charge is -2.09. The van der Waals surface area contributed by atoms with Gasteiger partial charge in [-0.15, -0.1) is 0 Å². The number of hydrogen-bond acceptors (Lipinski definition) is 4. The molecule has 0 saturated heterocycles. The molecule has 1 heterocycles. The van der Waals surface area contributed by atoms with Gasteiger partial charge in [-0.1, -0.05) is 42.5 Å². The number of carboxylic acid groups (broad SMARTS) is 1. The molecule has 4 aromatic rings. The smallest absolute Gasteiger partial charge is 0.307 e. The Balaban J connectivity index is 1.78. The Kier molecular flexibility index (Phi) is 6.24. The van der Waals surface area contributed by atoms with Crippen LogP contribution in [0.3, 0.4) is 0 Å². The van der Waals surface area contributed by atoms with Crippen molar-refractivity contribution in [1.82, 2.24) is 9.78 Å². The molecule has 0 fully saturated rings. The molecule has 0 aliphatic rings. The number of carboxylic acids is 1. The van der Waals surface area contributed by atoms with Crippen molar-refractivity contribution in [2.24, 2.45) is 5.73 Å². The summed E-state index contributed by atoms with van der Waals surface area (Å²) in [5, 5.41) is 17.4. The van der Waals surface area contributed by atoms with Crippen LogP contribution < -0.4 is 11.1 Å². The van der Waals surface area contributed by atoms with Gasteiger partial charge in [0.05, 0.1) is 11.9 Å². The van der Waals surface area contributed by atoms with Crippen LogP contribution in [0.25, 0.3) is 22.0 Å². The summed E-state index contributed by atoms with van der Waals surface area (Å²) in [5.41, 5.74) is 10.9. The molecule has 168 valence electrons. The first-order valence-corrected chi connectivity index (χ1v) is 10.8.